The number of hydrogen-bond donors (Lipinski definition) is 2. The van der Waals surface area contributed by atoms with E-state index in [0.717, 1.165) is 0 Å². The number of aromatic nitrogens is 2. The van der Waals surface area contributed by atoms with Crippen molar-refractivity contribution >= 4 is 39.0 Å². The molecule has 5 nitrogen and oxygen atoms in total. The third kappa shape index (κ3) is 1.99. The third-order valence-corrected chi connectivity index (χ3v) is 2.52. The molecule has 0 unspecified atom stereocenters. The van der Waals surface area contributed by atoms with E-state index in [9.17, 15) is 9.18 Å². The van der Waals surface area contributed by atoms with Gasteiger partial charge >= 0.3 is 6.09 Å². The molecule has 2 N–H and O–H groups in total. The van der Waals surface area contributed by atoms with Crippen LogP contribution >= 0.6 is 15.9 Å². The first kappa shape index (κ1) is 10.9. The molecular formula is C9H7BrFN3O2. The molecule has 2 aromatic rings. The maximum Gasteiger partial charge on any atom is 0.413 e. The van der Waals surface area contributed by atoms with Crippen molar-refractivity contribution in [3.63, 3.8) is 0 Å². The second-order valence-corrected chi connectivity index (χ2v) is 3.84. The molecule has 0 fully saturated rings. The third-order valence-electron chi connectivity index (χ3n) is 1.91. The zero-order valence-electron chi connectivity index (χ0n) is 8.17. The zero-order chi connectivity index (χ0) is 11.7. The number of fused-ring (bicyclic) bond motifs is 1. The maximum atomic E-state index is 13.0. The lowest BCUT2D eigenvalue weighted by Crippen LogP contribution is -2.11. The highest BCUT2D eigenvalue weighted by molar-refractivity contribution is 9.10. The summed E-state index contributed by atoms with van der Waals surface area (Å²) >= 11 is 3.18. The molecule has 2 rings (SSSR count). The molecule has 0 spiro atoms. The Morgan fingerprint density at radius 1 is 1.62 bits per heavy atom. The van der Waals surface area contributed by atoms with E-state index < -0.39 is 11.9 Å². The van der Waals surface area contributed by atoms with Gasteiger partial charge in [0, 0.05) is 4.47 Å². The highest BCUT2D eigenvalue weighted by Gasteiger charge is 2.10. The van der Waals surface area contributed by atoms with E-state index in [2.05, 4.69) is 36.0 Å². The van der Waals surface area contributed by atoms with Gasteiger partial charge < -0.3 is 9.72 Å². The van der Waals surface area contributed by atoms with Crippen molar-refractivity contribution in [2.45, 2.75) is 0 Å². The van der Waals surface area contributed by atoms with Gasteiger partial charge in [0.1, 0.15) is 11.3 Å². The molecule has 1 amide bonds. The molecule has 0 aliphatic rings. The number of aromatic amines is 1. The van der Waals surface area contributed by atoms with E-state index in [1.165, 1.54) is 19.2 Å². The predicted molar refractivity (Wildman–Crippen MR) is 59.8 cm³/mol. The van der Waals surface area contributed by atoms with Crippen molar-refractivity contribution < 1.29 is 13.9 Å². The van der Waals surface area contributed by atoms with Crippen LogP contribution in [-0.4, -0.2) is 23.2 Å². The Hall–Kier alpha value is -1.63. The van der Waals surface area contributed by atoms with Gasteiger partial charge in [0.05, 0.1) is 12.6 Å². The van der Waals surface area contributed by atoms with Gasteiger partial charge in [-0.3, -0.25) is 5.32 Å². The summed E-state index contributed by atoms with van der Waals surface area (Å²) in [6, 6.07) is 2.58. The van der Waals surface area contributed by atoms with E-state index in [4.69, 9.17) is 0 Å². The van der Waals surface area contributed by atoms with Crippen LogP contribution < -0.4 is 5.32 Å². The Morgan fingerprint density at radius 2 is 2.38 bits per heavy atom. The number of carbonyl (C=O) groups excluding carboxylic acids is 1. The molecule has 1 aromatic heterocycles. The van der Waals surface area contributed by atoms with E-state index in [1.54, 1.807) is 0 Å². The smallest absolute Gasteiger partial charge is 0.413 e. The van der Waals surface area contributed by atoms with Gasteiger partial charge in [0.25, 0.3) is 0 Å². The number of rotatable bonds is 1. The van der Waals surface area contributed by atoms with Gasteiger partial charge in [-0.2, -0.15) is 0 Å². The van der Waals surface area contributed by atoms with Gasteiger partial charge in [0.15, 0.2) is 0 Å². The lowest BCUT2D eigenvalue weighted by Gasteiger charge is -1.96. The van der Waals surface area contributed by atoms with Gasteiger partial charge in [-0.15, -0.1) is 0 Å². The quantitative estimate of drug-likeness (QED) is 0.847. The van der Waals surface area contributed by atoms with Crippen molar-refractivity contribution in [1.29, 1.82) is 0 Å². The Balaban J connectivity index is 2.44. The first-order chi connectivity index (χ1) is 7.60. The molecule has 0 aliphatic carbocycles. The average molecular weight is 288 g/mol. The fraction of sp³-hybridized carbons (Fsp3) is 0.111. The minimum Gasteiger partial charge on any atom is -0.453 e. The first-order valence-corrected chi connectivity index (χ1v) is 5.09. The zero-order valence-corrected chi connectivity index (χ0v) is 9.76. The Morgan fingerprint density at radius 3 is 3.06 bits per heavy atom. The largest absolute Gasteiger partial charge is 0.453 e. The number of anilines is 1. The molecule has 1 aromatic carbocycles. The number of benzene rings is 1. The van der Waals surface area contributed by atoms with Crippen LogP contribution in [0.3, 0.4) is 0 Å². The minimum atomic E-state index is -0.643. The van der Waals surface area contributed by atoms with Crippen LogP contribution in [0.2, 0.25) is 0 Å². The van der Waals surface area contributed by atoms with E-state index in [-0.39, 0.29) is 5.95 Å². The molecule has 0 saturated heterocycles. The number of imidazole rings is 1. The molecule has 0 atom stereocenters. The van der Waals surface area contributed by atoms with Crippen LogP contribution in [0.1, 0.15) is 0 Å². The Bertz CT molecular complexity index is 555. The normalized spacial score (nSPS) is 10.4. The average Bonchev–Trinajstić information content (AvgIpc) is 2.60. The topological polar surface area (TPSA) is 67.0 Å². The molecule has 16 heavy (non-hydrogen) atoms. The molecule has 0 aliphatic heterocycles. The van der Waals surface area contributed by atoms with Crippen molar-refractivity contribution in [1.82, 2.24) is 9.97 Å². The molecule has 1 heterocycles. The van der Waals surface area contributed by atoms with Crippen molar-refractivity contribution in [2.75, 3.05) is 12.4 Å². The number of halogens is 2. The maximum absolute atomic E-state index is 13.0. The van der Waals surface area contributed by atoms with Gasteiger partial charge in [0.2, 0.25) is 5.95 Å². The van der Waals surface area contributed by atoms with E-state index in [1.807, 2.05) is 0 Å². The highest BCUT2D eigenvalue weighted by Crippen LogP contribution is 2.24. The second-order valence-electron chi connectivity index (χ2n) is 2.99. The number of nitrogens with one attached hydrogen (secondary N) is 2. The lowest BCUT2D eigenvalue weighted by atomic mass is 10.3. The summed E-state index contributed by atoms with van der Waals surface area (Å²) in [4.78, 5) is 17.7. The SMILES string of the molecule is COC(=O)Nc1nc2c(Br)cc(F)cc2[nH]1. The molecule has 0 radical (unpaired) electrons. The number of carbonyl (C=O) groups is 1. The van der Waals surface area contributed by atoms with Gasteiger partial charge in [-0.05, 0) is 28.1 Å². The Kier molecular flexibility index (Phi) is 2.78. The summed E-state index contributed by atoms with van der Waals surface area (Å²) in [5.74, 6) is -0.194. The summed E-state index contributed by atoms with van der Waals surface area (Å²) in [5.41, 5.74) is 1.02. The van der Waals surface area contributed by atoms with Crippen molar-refractivity contribution in [2.24, 2.45) is 0 Å². The first-order valence-electron chi connectivity index (χ1n) is 4.30. The lowest BCUT2D eigenvalue weighted by molar-refractivity contribution is 0.186. The molecule has 0 bridgehead atoms. The predicted octanol–water partition coefficient (Wildman–Crippen LogP) is 2.64. The standard InChI is InChI=1S/C9H7BrFN3O2/c1-16-9(15)14-8-12-6-3-4(11)2-5(10)7(6)13-8/h2-3H,1H3,(H2,12,13,14,15). The molecule has 0 saturated carbocycles. The number of nitrogens with zero attached hydrogens (tertiary/aromatic N) is 1. The number of ether oxygens (including phenoxy) is 1. The fourth-order valence-electron chi connectivity index (χ4n) is 1.25. The van der Waals surface area contributed by atoms with Crippen LogP contribution in [0, 0.1) is 5.82 Å². The summed E-state index contributed by atoms with van der Waals surface area (Å²) in [7, 11) is 1.24. The van der Waals surface area contributed by atoms with Crippen LogP contribution in [0.5, 0.6) is 0 Å². The van der Waals surface area contributed by atoms with Crippen LogP contribution in [0.4, 0.5) is 15.1 Å². The van der Waals surface area contributed by atoms with Crippen LogP contribution in [-0.2, 0) is 4.74 Å². The van der Waals surface area contributed by atoms with Gasteiger partial charge in [-0.1, -0.05) is 0 Å². The second kappa shape index (κ2) is 4.09. The van der Waals surface area contributed by atoms with Crippen LogP contribution in [0.25, 0.3) is 11.0 Å². The summed E-state index contributed by atoms with van der Waals surface area (Å²) in [6.45, 7) is 0. The van der Waals surface area contributed by atoms with Crippen molar-refractivity contribution in [3.8, 4) is 0 Å². The molecule has 7 heteroatoms. The highest BCUT2D eigenvalue weighted by atomic mass is 79.9. The number of amides is 1. The minimum absolute atomic E-state index is 0.202. The molecular weight excluding hydrogens is 281 g/mol. The number of methoxy groups -OCH3 is 1. The van der Waals surface area contributed by atoms with E-state index in [0.29, 0.717) is 15.5 Å². The van der Waals surface area contributed by atoms with E-state index >= 15 is 0 Å². The summed E-state index contributed by atoms with van der Waals surface area (Å²) < 4.78 is 18.0. The molecule has 84 valence electrons. The monoisotopic (exact) mass is 287 g/mol. The fourth-order valence-corrected chi connectivity index (χ4v) is 1.77. The van der Waals surface area contributed by atoms with Gasteiger partial charge in [-0.25, -0.2) is 14.2 Å². The van der Waals surface area contributed by atoms with Crippen molar-refractivity contribution in [3.05, 3.63) is 22.4 Å². The summed E-state index contributed by atoms with van der Waals surface area (Å²) in [5, 5.41) is 2.36. The summed E-state index contributed by atoms with van der Waals surface area (Å²) in [6.07, 6.45) is -0.643. The Labute approximate surface area is 98.1 Å². The van der Waals surface area contributed by atoms with Crippen LogP contribution in [0.15, 0.2) is 16.6 Å². The number of hydrogen-bond acceptors (Lipinski definition) is 3. The number of H-pyrrole nitrogens is 1.